The number of unbranched alkanes of at least 4 members (excludes halogenated alkanes) is 8. The van der Waals surface area contributed by atoms with Crippen LogP contribution >= 0.6 is 11.8 Å². The van der Waals surface area contributed by atoms with Crippen molar-refractivity contribution in [3.05, 3.63) is 23.3 Å². The molecule has 176 valence electrons. The van der Waals surface area contributed by atoms with Crippen LogP contribution in [0.25, 0.3) is 0 Å². The highest BCUT2D eigenvalue weighted by Crippen LogP contribution is 2.35. The lowest BCUT2D eigenvalue weighted by atomic mass is 10.1. The molecule has 0 aliphatic heterocycles. The second-order valence-electron chi connectivity index (χ2n) is 8.44. The van der Waals surface area contributed by atoms with Crippen LogP contribution in [0, 0.1) is 13.8 Å². The van der Waals surface area contributed by atoms with Crippen LogP contribution in [-0.4, -0.2) is 34.0 Å². The lowest BCUT2D eigenvalue weighted by Crippen LogP contribution is -2.14. The van der Waals surface area contributed by atoms with Gasteiger partial charge in [0.15, 0.2) is 0 Å². The summed E-state index contributed by atoms with van der Waals surface area (Å²) >= 11 is 1.84. The molecule has 0 heterocycles. The number of carbonyl (C=O) groups is 2. The molecule has 0 aliphatic carbocycles. The maximum absolute atomic E-state index is 10.8. The zero-order chi connectivity index (χ0) is 23.1. The van der Waals surface area contributed by atoms with Gasteiger partial charge in [0.05, 0.1) is 11.0 Å². The molecule has 0 fully saturated rings. The summed E-state index contributed by atoms with van der Waals surface area (Å²) in [5.41, 5.74) is 2.37. The van der Waals surface area contributed by atoms with E-state index in [4.69, 9.17) is 14.9 Å². The summed E-state index contributed by atoms with van der Waals surface area (Å²) in [5, 5.41) is 17.5. The minimum absolute atomic E-state index is 0.122. The molecule has 1 aromatic carbocycles. The lowest BCUT2D eigenvalue weighted by Gasteiger charge is -2.19. The summed E-state index contributed by atoms with van der Waals surface area (Å²) in [6, 6.07) is 4.23. The van der Waals surface area contributed by atoms with E-state index in [2.05, 4.69) is 26.0 Å². The number of rotatable bonds is 18. The van der Waals surface area contributed by atoms with Gasteiger partial charge in [0.25, 0.3) is 0 Å². The van der Waals surface area contributed by atoms with E-state index < -0.39 is 11.9 Å². The Morgan fingerprint density at radius 2 is 1.42 bits per heavy atom. The minimum atomic E-state index is -0.788. The Kier molecular flexibility index (Phi) is 14.1. The lowest BCUT2D eigenvalue weighted by molar-refractivity contribution is -0.138. The zero-order valence-corrected chi connectivity index (χ0v) is 20.3. The Bertz CT molecular complexity index is 674. The van der Waals surface area contributed by atoms with Crippen LogP contribution in [0.2, 0.25) is 0 Å². The molecule has 31 heavy (non-hydrogen) atoms. The fourth-order valence-corrected chi connectivity index (χ4v) is 4.67. The van der Waals surface area contributed by atoms with Gasteiger partial charge in [0.2, 0.25) is 0 Å². The van der Waals surface area contributed by atoms with Gasteiger partial charge in [-0.15, -0.1) is 11.8 Å². The number of carboxylic acids is 2. The summed E-state index contributed by atoms with van der Waals surface area (Å²) in [7, 11) is 0. The van der Waals surface area contributed by atoms with Gasteiger partial charge in [0, 0.05) is 12.8 Å². The third-order valence-electron chi connectivity index (χ3n) is 5.26. The van der Waals surface area contributed by atoms with Gasteiger partial charge in [-0.2, -0.15) is 0 Å². The van der Waals surface area contributed by atoms with Crippen molar-refractivity contribution >= 4 is 23.7 Å². The Morgan fingerprint density at radius 1 is 0.871 bits per heavy atom. The molecule has 1 rings (SSSR count). The molecule has 1 atom stereocenters. The third kappa shape index (κ3) is 13.4. The minimum Gasteiger partial charge on any atom is -0.490 e. The van der Waals surface area contributed by atoms with E-state index in [1.54, 1.807) is 0 Å². The molecular formula is C25H40O5S. The molecule has 0 bridgehead atoms. The molecule has 2 N–H and O–H groups in total. The van der Waals surface area contributed by atoms with Crippen molar-refractivity contribution in [3.63, 3.8) is 0 Å². The normalized spacial score (nSPS) is 12.0. The van der Waals surface area contributed by atoms with Crippen LogP contribution < -0.4 is 4.74 Å². The summed E-state index contributed by atoms with van der Waals surface area (Å²) in [6.45, 7) is 6.10. The van der Waals surface area contributed by atoms with Gasteiger partial charge < -0.3 is 14.9 Å². The second-order valence-corrected chi connectivity index (χ2v) is 9.55. The quantitative estimate of drug-likeness (QED) is 0.184. The summed E-state index contributed by atoms with van der Waals surface area (Å²) in [6.07, 6.45) is 11.1. The van der Waals surface area contributed by atoms with Crippen LogP contribution in [-0.2, 0) is 9.59 Å². The van der Waals surface area contributed by atoms with E-state index in [0.717, 1.165) is 36.3 Å². The van der Waals surface area contributed by atoms with Crippen molar-refractivity contribution in [3.8, 4) is 5.75 Å². The first-order valence-corrected chi connectivity index (χ1v) is 12.6. The molecule has 1 aromatic rings. The van der Waals surface area contributed by atoms with Crippen molar-refractivity contribution < 1.29 is 24.5 Å². The van der Waals surface area contributed by atoms with Crippen LogP contribution in [0.5, 0.6) is 5.75 Å². The highest BCUT2D eigenvalue weighted by atomic mass is 32.2. The Balaban J connectivity index is 2.27. The van der Waals surface area contributed by atoms with Gasteiger partial charge in [-0.05, 0) is 63.0 Å². The van der Waals surface area contributed by atoms with E-state index in [9.17, 15) is 9.59 Å². The van der Waals surface area contributed by atoms with Crippen molar-refractivity contribution in [1.82, 2.24) is 0 Å². The smallest absolute Gasteiger partial charge is 0.303 e. The Labute approximate surface area is 192 Å². The molecule has 0 amide bonds. The molecule has 0 saturated heterocycles. The molecular weight excluding hydrogens is 412 g/mol. The number of carboxylic acid groups (broad SMARTS) is 2. The van der Waals surface area contributed by atoms with Crippen molar-refractivity contribution in [2.45, 2.75) is 109 Å². The molecule has 0 spiro atoms. The van der Waals surface area contributed by atoms with Gasteiger partial charge >= 0.3 is 11.9 Å². The van der Waals surface area contributed by atoms with Gasteiger partial charge in [-0.25, -0.2) is 0 Å². The summed E-state index contributed by atoms with van der Waals surface area (Å²) < 4.78 is 6.10. The predicted octanol–water partition coefficient (Wildman–Crippen LogP) is 7.01. The number of ether oxygens (including phenoxy) is 1. The third-order valence-corrected chi connectivity index (χ3v) is 6.56. The van der Waals surface area contributed by atoms with Crippen LogP contribution in [0.1, 0.15) is 95.1 Å². The standard InChI is InChI=1S/C25H40O5S/c1-19-17-20(2)25(22(18-19)30-21(3)14-15-24(28)29)31-16-12-10-8-6-4-5-7-9-11-13-23(26)27/h17-18,21H,4-16H2,1-3H3,(H,26,27)(H,28,29). The van der Waals surface area contributed by atoms with Crippen molar-refractivity contribution in [1.29, 1.82) is 0 Å². The maximum atomic E-state index is 10.8. The first-order chi connectivity index (χ1) is 14.8. The molecule has 0 aliphatic rings. The first kappa shape index (κ1) is 27.3. The summed E-state index contributed by atoms with van der Waals surface area (Å²) in [5.74, 6) is 0.455. The highest BCUT2D eigenvalue weighted by Gasteiger charge is 2.13. The van der Waals surface area contributed by atoms with Crippen LogP contribution in [0.15, 0.2) is 17.0 Å². The SMILES string of the molecule is Cc1cc(C)c(SCCCCCCCCCCCC(=O)O)c(OC(C)CCC(=O)O)c1. The summed E-state index contributed by atoms with van der Waals surface area (Å²) in [4.78, 5) is 22.4. The molecule has 5 nitrogen and oxygen atoms in total. The average molecular weight is 453 g/mol. The average Bonchev–Trinajstić information content (AvgIpc) is 2.68. The first-order valence-electron chi connectivity index (χ1n) is 11.6. The maximum Gasteiger partial charge on any atom is 0.303 e. The zero-order valence-electron chi connectivity index (χ0n) is 19.5. The van der Waals surface area contributed by atoms with Crippen LogP contribution in [0.3, 0.4) is 0 Å². The van der Waals surface area contributed by atoms with E-state index >= 15 is 0 Å². The predicted molar refractivity (Wildman–Crippen MR) is 127 cm³/mol. The highest BCUT2D eigenvalue weighted by molar-refractivity contribution is 7.99. The molecule has 0 radical (unpaired) electrons. The van der Waals surface area contributed by atoms with Gasteiger partial charge in [-0.1, -0.05) is 51.0 Å². The van der Waals surface area contributed by atoms with Gasteiger partial charge in [-0.3, -0.25) is 9.59 Å². The molecule has 0 saturated carbocycles. The van der Waals surface area contributed by atoms with E-state index in [1.807, 2.05) is 18.7 Å². The van der Waals surface area contributed by atoms with E-state index in [0.29, 0.717) is 12.8 Å². The second kappa shape index (κ2) is 16.0. The number of hydrogen-bond acceptors (Lipinski definition) is 4. The largest absolute Gasteiger partial charge is 0.490 e. The van der Waals surface area contributed by atoms with E-state index in [-0.39, 0.29) is 12.5 Å². The number of thioether (sulfide) groups is 1. The fraction of sp³-hybridized carbons (Fsp3) is 0.680. The number of aliphatic carboxylic acids is 2. The fourth-order valence-electron chi connectivity index (χ4n) is 3.58. The number of aryl methyl sites for hydroxylation is 2. The monoisotopic (exact) mass is 452 g/mol. The molecule has 1 unspecified atom stereocenters. The van der Waals surface area contributed by atoms with Crippen molar-refractivity contribution in [2.75, 3.05) is 5.75 Å². The van der Waals surface area contributed by atoms with E-state index in [1.165, 1.54) is 49.0 Å². The van der Waals surface area contributed by atoms with Crippen molar-refractivity contribution in [2.24, 2.45) is 0 Å². The number of benzene rings is 1. The molecule has 0 aromatic heterocycles. The molecule has 6 heteroatoms. The van der Waals surface area contributed by atoms with Crippen LogP contribution in [0.4, 0.5) is 0 Å². The number of hydrogen-bond donors (Lipinski definition) is 2. The van der Waals surface area contributed by atoms with Gasteiger partial charge in [0.1, 0.15) is 5.75 Å². The topological polar surface area (TPSA) is 83.8 Å². The Hall–Kier alpha value is -1.69. The Morgan fingerprint density at radius 3 is 2.00 bits per heavy atom.